The first-order valence-corrected chi connectivity index (χ1v) is 6.99. The number of nitrogens with zero attached hydrogens (tertiary/aromatic N) is 1. The van der Waals surface area contributed by atoms with E-state index in [9.17, 15) is 9.18 Å². The maximum absolute atomic E-state index is 13.1. The highest BCUT2D eigenvalue weighted by atomic mass is 19.1. The molecule has 0 aromatic heterocycles. The van der Waals surface area contributed by atoms with Gasteiger partial charge in [-0.25, -0.2) is 4.39 Å². The molecule has 1 saturated carbocycles. The average molecular weight is 262 g/mol. The van der Waals surface area contributed by atoms with Crippen molar-refractivity contribution in [3.05, 3.63) is 35.6 Å². The van der Waals surface area contributed by atoms with Crippen LogP contribution in [-0.2, 0) is 11.2 Å². The first-order chi connectivity index (χ1) is 9.24. The molecule has 1 N–H and O–H groups in total. The van der Waals surface area contributed by atoms with Gasteiger partial charge in [-0.1, -0.05) is 12.1 Å². The summed E-state index contributed by atoms with van der Waals surface area (Å²) in [4.78, 5) is 14.3. The summed E-state index contributed by atoms with van der Waals surface area (Å²) < 4.78 is 13.1. The van der Waals surface area contributed by atoms with Crippen LogP contribution in [0.1, 0.15) is 18.4 Å². The van der Waals surface area contributed by atoms with Crippen LogP contribution < -0.4 is 5.32 Å². The number of hydrogen-bond acceptors (Lipinski definition) is 2. The normalized spacial score (nSPS) is 19.0. The third-order valence-corrected chi connectivity index (χ3v) is 3.93. The van der Waals surface area contributed by atoms with Crippen LogP contribution in [-0.4, -0.2) is 36.5 Å². The molecule has 4 heteroatoms. The van der Waals surface area contributed by atoms with E-state index in [0.29, 0.717) is 12.6 Å². The van der Waals surface area contributed by atoms with Gasteiger partial charge in [0.15, 0.2) is 0 Å². The van der Waals surface area contributed by atoms with E-state index in [2.05, 4.69) is 5.32 Å². The quantitative estimate of drug-likeness (QED) is 0.874. The molecule has 1 aromatic rings. The first kappa shape index (κ1) is 12.6. The fourth-order valence-electron chi connectivity index (χ4n) is 2.50. The molecule has 1 aromatic carbocycles. The molecular weight excluding hydrogens is 243 g/mol. The lowest BCUT2D eigenvalue weighted by molar-refractivity contribution is -0.137. The summed E-state index contributed by atoms with van der Waals surface area (Å²) in [5.41, 5.74) is 0.963. The highest BCUT2D eigenvalue weighted by Crippen LogP contribution is 2.29. The minimum Gasteiger partial charge on any atom is -0.339 e. The first-order valence-electron chi connectivity index (χ1n) is 6.99. The van der Waals surface area contributed by atoms with E-state index in [1.165, 1.54) is 6.07 Å². The van der Waals surface area contributed by atoms with E-state index in [1.54, 1.807) is 12.1 Å². The van der Waals surface area contributed by atoms with Crippen LogP contribution in [0.25, 0.3) is 0 Å². The number of benzene rings is 1. The lowest BCUT2D eigenvalue weighted by atomic mass is 10.0. The molecule has 0 radical (unpaired) electrons. The van der Waals surface area contributed by atoms with Crippen molar-refractivity contribution in [3.63, 3.8) is 0 Å². The lowest BCUT2D eigenvalue weighted by Gasteiger charge is -2.32. The van der Waals surface area contributed by atoms with E-state index < -0.39 is 0 Å². The molecule has 1 saturated heterocycles. The summed E-state index contributed by atoms with van der Waals surface area (Å²) in [5, 5.41) is 3.14. The standard InChI is InChI=1S/C15H19FN2O/c16-13-3-1-2-11(8-13)6-7-18(14-4-5-14)15(19)12-9-17-10-12/h1-3,8,12,14,17H,4-7,9-10H2. The Bertz CT molecular complexity index is 469. The average Bonchev–Trinajstić information content (AvgIpc) is 3.11. The van der Waals surface area contributed by atoms with Gasteiger partial charge in [0.05, 0.1) is 5.92 Å². The van der Waals surface area contributed by atoms with Crippen molar-refractivity contribution in [2.45, 2.75) is 25.3 Å². The molecule has 0 unspecified atom stereocenters. The Labute approximate surface area is 112 Å². The van der Waals surface area contributed by atoms with Crippen molar-refractivity contribution in [3.8, 4) is 0 Å². The zero-order valence-corrected chi connectivity index (χ0v) is 10.9. The van der Waals surface area contributed by atoms with Gasteiger partial charge in [-0.15, -0.1) is 0 Å². The molecule has 3 rings (SSSR count). The Kier molecular flexibility index (Phi) is 3.51. The van der Waals surface area contributed by atoms with Crippen molar-refractivity contribution in [2.75, 3.05) is 19.6 Å². The molecule has 19 heavy (non-hydrogen) atoms. The second-order valence-electron chi connectivity index (χ2n) is 5.50. The molecule has 1 amide bonds. The monoisotopic (exact) mass is 262 g/mol. The Morgan fingerprint density at radius 1 is 1.37 bits per heavy atom. The fraction of sp³-hybridized carbons (Fsp3) is 0.533. The van der Waals surface area contributed by atoms with E-state index in [4.69, 9.17) is 0 Å². The van der Waals surface area contributed by atoms with Gasteiger partial charge >= 0.3 is 0 Å². The third-order valence-electron chi connectivity index (χ3n) is 3.93. The lowest BCUT2D eigenvalue weighted by Crippen LogP contribution is -2.52. The summed E-state index contributed by atoms with van der Waals surface area (Å²) in [6.45, 7) is 2.33. The maximum atomic E-state index is 13.1. The van der Waals surface area contributed by atoms with Gasteiger partial charge in [-0.2, -0.15) is 0 Å². The summed E-state index contributed by atoms with van der Waals surface area (Å²) in [5.74, 6) is 0.232. The van der Waals surface area contributed by atoms with Gasteiger partial charge in [-0.3, -0.25) is 4.79 Å². The van der Waals surface area contributed by atoms with Crippen LogP contribution in [0.3, 0.4) is 0 Å². The molecule has 0 bridgehead atoms. The van der Waals surface area contributed by atoms with Gasteiger partial charge in [0.2, 0.25) is 5.91 Å². The van der Waals surface area contributed by atoms with Crippen LogP contribution in [0, 0.1) is 11.7 Å². The van der Waals surface area contributed by atoms with Crippen molar-refractivity contribution >= 4 is 5.91 Å². The molecule has 0 spiro atoms. The van der Waals surface area contributed by atoms with E-state index in [-0.39, 0.29) is 17.6 Å². The van der Waals surface area contributed by atoms with Crippen LogP contribution in [0.5, 0.6) is 0 Å². The molecule has 2 aliphatic rings. The molecule has 1 aliphatic carbocycles. The Hall–Kier alpha value is -1.42. The van der Waals surface area contributed by atoms with Gasteiger partial charge in [-0.05, 0) is 37.0 Å². The van der Waals surface area contributed by atoms with Crippen molar-refractivity contribution in [1.29, 1.82) is 0 Å². The second kappa shape index (κ2) is 5.29. The van der Waals surface area contributed by atoms with Crippen LogP contribution in [0.2, 0.25) is 0 Å². The maximum Gasteiger partial charge on any atom is 0.228 e. The van der Waals surface area contributed by atoms with E-state index >= 15 is 0 Å². The number of carbonyl (C=O) groups is 1. The van der Waals surface area contributed by atoms with Crippen molar-refractivity contribution < 1.29 is 9.18 Å². The summed E-state index contributed by atoms with van der Waals surface area (Å²) >= 11 is 0. The van der Waals surface area contributed by atoms with E-state index in [1.807, 2.05) is 11.0 Å². The van der Waals surface area contributed by atoms with E-state index in [0.717, 1.165) is 37.9 Å². The largest absolute Gasteiger partial charge is 0.339 e. The highest BCUT2D eigenvalue weighted by Gasteiger charge is 2.37. The molecule has 1 aliphatic heterocycles. The molecule has 2 fully saturated rings. The van der Waals surface area contributed by atoms with Gasteiger partial charge in [0.25, 0.3) is 0 Å². The molecule has 0 atom stereocenters. The number of amides is 1. The zero-order chi connectivity index (χ0) is 13.2. The Morgan fingerprint density at radius 3 is 2.74 bits per heavy atom. The Balaban J connectivity index is 1.60. The van der Waals surface area contributed by atoms with Gasteiger partial charge in [0.1, 0.15) is 5.82 Å². The van der Waals surface area contributed by atoms with Crippen LogP contribution in [0.4, 0.5) is 4.39 Å². The van der Waals surface area contributed by atoms with Gasteiger partial charge < -0.3 is 10.2 Å². The number of carbonyl (C=O) groups excluding carboxylic acids is 1. The minimum atomic E-state index is -0.204. The predicted octanol–water partition coefficient (Wildman–Crippen LogP) is 1.58. The minimum absolute atomic E-state index is 0.160. The molecular formula is C15H19FN2O. The molecule has 1 heterocycles. The second-order valence-corrected chi connectivity index (χ2v) is 5.50. The van der Waals surface area contributed by atoms with Crippen LogP contribution >= 0.6 is 0 Å². The topological polar surface area (TPSA) is 32.3 Å². The number of halogens is 1. The SMILES string of the molecule is O=C(C1CNC1)N(CCc1cccc(F)c1)C1CC1. The van der Waals surface area contributed by atoms with Gasteiger partial charge in [0, 0.05) is 25.7 Å². The zero-order valence-electron chi connectivity index (χ0n) is 10.9. The highest BCUT2D eigenvalue weighted by molar-refractivity contribution is 5.80. The molecule has 3 nitrogen and oxygen atoms in total. The summed E-state index contributed by atoms with van der Waals surface area (Å²) in [6, 6.07) is 7.09. The summed E-state index contributed by atoms with van der Waals surface area (Å²) in [7, 11) is 0. The third kappa shape index (κ3) is 2.95. The van der Waals surface area contributed by atoms with Crippen LogP contribution in [0.15, 0.2) is 24.3 Å². The number of hydrogen-bond donors (Lipinski definition) is 1. The smallest absolute Gasteiger partial charge is 0.228 e. The number of nitrogens with one attached hydrogen (secondary N) is 1. The molecule has 102 valence electrons. The number of rotatable bonds is 5. The van der Waals surface area contributed by atoms with Crippen molar-refractivity contribution in [1.82, 2.24) is 10.2 Å². The van der Waals surface area contributed by atoms with Crippen molar-refractivity contribution in [2.24, 2.45) is 5.92 Å². The Morgan fingerprint density at radius 2 is 2.16 bits per heavy atom. The predicted molar refractivity (Wildman–Crippen MR) is 71.2 cm³/mol. The summed E-state index contributed by atoms with van der Waals surface area (Å²) in [6.07, 6.45) is 2.98. The fourth-order valence-corrected chi connectivity index (χ4v) is 2.50.